The molecule has 0 spiro atoms. The average Bonchev–Trinajstić information content (AvgIpc) is 3.95. The van der Waals surface area contributed by atoms with Gasteiger partial charge in [-0.1, -0.05) is 83.9 Å². The number of aliphatic imine (C=N–C) groups is 2. The number of H-pyrrole nitrogens is 2. The maximum atomic E-state index is 5.40. The lowest BCUT2D eigenvalue weighted by Crippen LogP contribution is -2.17. The van der Waals surface area contributed by atoms with E-state index in [-0.39, 0.29) is 0 Å². The van der Waals surface area contributed by atoms with Gasteiger partial charge in [0.2, 0.25) is 0 Å². The van der Waals surface area contributed by atoms with Crippen molar-refractivity contribution in [1.82, 2.24) is 9.97 Å². The predicted octanol–water partition coefficient (Wildman–Crippen LogP) is 7.12. The normalized spacial score (nSPS) is 14.7. The van der Waals surface area contributed by atoms with Crippen LogP contribution < -0.4 is 21.1 Å². The Morgan fingerprint density at radius 3 is 1.12 bits per heavy atom. The first-order valence-electron chi connectivity index (χ1n) is 18.0. The van der Waals surface area contributed by atoms with E-state index in [0.717, 1.165) is 76.2 Å². The fourth-order valence-electron chi connectivity index (χ4n) is 8.53. The first-order valence-corrected chi connectivity index (χ1v) is 18.0. The van der Waals surface area contributed by atoms with Gasteiger partial charge in [0.1, 0.15) is 0 Å². The quantitative estimate of drug-likeness (QED) is 0.197. The second-order valence-corrected chi connectivity index (χ2v) is 14.4. The Balaban J connectivity index is 1.50. The summed E-state index contributed by atoms with van der Waals surface area (Å²) in [6, 6.07) is 35.0. The molecule has 4 aromatic carbocycles. The van der Waals surface area contributed by atoms with Crippen molar-refractivity contribution in [2.24, 2.45) is 9.98 Å². The summed E-state index contributed by atoms with van der Waals surface area (Å²) < 4.78 is 0. The molecule has 0 unspecified atom stereocenters. The van der Waals surface area contributed by atoms with Gasteiger partial charge in [0.25, 0.3) is 0 Å². The molecule has 8 bridgehead atoms. The maximum Gasteiger partial charge on any atom is 0.0737 e. The van der Waals surface area contributed by atoms with Crippen LogP contribution in [-0.4, -0.2) is 21.4 Å². The molecule has 3 aliphatic heterocycles. The van der Waals surface area contributed by atoms with Crippen molar-refractivity contribution < 1.29 is 0 Å². The van der Waals surface area contributed by atoms with Gasteiger partial charge in [0.05, 0.1) is 22.8 Å². The number of hydrogen-bond acceptors (Lipinski definition) is 2. The number of allylic oxidation sites excluding steroid dienone is 2. The molecule has 0 aliphatic carbocycles. The smallest absolute Gasteiger partial charge is 0.0737 e. The molecular formula is C48H40N4. The summed E-state index contributed by atoms with van der Waals surface area (Å²) in [5.74, 6) is 0. The number of aromatic nitrogens is 2. The number of aromatic amines is 2. The van der Waals surface area contributed by atoms with E-state index >= 15 is 0 Å². The van der Waals surface area contributed by atoms with Gasteiger partial charge in [-0.05, 0) is 123 Å². The number of nitrogens with zero attached hydrogens (tertiary/aromatic N) is 2. The molecule has 5 heterocycles. The molecule has 0 saturated heterocycles. The highest BCUT2D eigenvalue weighted by Crippen LogP contribution is 2.29. The largest absolute Gasteiger partial charge is 0.354 e. The van der Waals surface area contributed by atoms with Gasteiger partial charge in [-0.3, -0.25) is 0 Å². The fraction of sp³-hybridized carbons (Fsp3) is 0.125. The molecule has 4 heteroatoms. The highest BCUT2D eigenvalue weighted by atomic mass is 14.8. The predicted molar refractivity (Wildman–Crippen MR) is 215 cm³/mol. The van der Waals surface area contributed by atoms with Crippen LogP contribution in [0.3, 0.4) is 0 Å². The molecule has 52 heavy (non-hydrogen) atoms. The van der Waals surface area contributed by atoms with E-state index < -0.39 is 0 Å². The minimum absolute atomic E-state index is 0.941. The van der Waals surface area contributed by atoms with E-state index in [4.69, 9.17) is 9.98 Å². The van der Waals surface area contributed by atoms with Crippen molar-refractivity contribution in [2.45, 2.75) is 41.5 Å². The topological polar surface area (TPSA) is 56.3 Å². The van der Waals surface area contributed by atoms with E-state index in [9.17, 15) is 0 Å². The zero-order chi connectivity index (χ0) is 35.7. The highest BCUT2D eigenvalue weighted by molar-refractivity contribution is 6.32. The lowest BCUT2D eigenvalue weighted by Gasteiger charge is -2.14. The van der Waals surface area contributed by atoms with Crippen molar-refractivity contribution in [3.05, 3.63) is 208 Å². The van der Waals surface area contributed by atoms with Crippen LogP contribution in [0.25, 0.3) is 22.5 Å². The van der Waals surface area contributed by atoms with E-state index in [0.29, 0.717) is 0 Å². The third-order valence-corrected chi connectivity index (χ3v) is 10.5. The van der Waals surface area contributed by atoms with Gasteiger partial charge >= 0.3 is 0 Å². The third-order valence-electron chi connectivity index (χ3n) is 10.5. The van der Waals surface area contributed by atoms with Crippen LogP contribution in [0.1, 0.15) is 44.5 Å². The Kier molecular flexibility index (Phi) is 7.44. The van der Waals surface area contributed by atoms with E-state index in [1.54, 1.807) is 0 Å². The lowest BCUT2D eigenvalue weighted by atomic mass is 9.91. The van der Waals surface area contributed by atoms with Crippen molar-refractivity contribution >= 4 is 34.0 Å². The van der Waals surface area contributed by atoms with Crippen molar-refractivity contribution in [3.63, 3.8) is 0 Å². The number of hydrogen-bond donors (Lipinski definition) is 2. The standard InChI is InChI=1S/C48H40N4/c1-27-23-29(3)45(30(4)24-27)47-41-19-15-37(49-41)33-11-7-9-13-35(33)39-17-21-43(51-39)48(46-31(5)25-28(2)26-32(46)6)44-22-18-40(52-44)36-14-10-8-12-34(36)38-16-20-42(47)50-38/h7-26,49,52H,1-6H3. The zero-order valence-corrected chi connectivity index (χ0v) is 30.4. The van der Waals surface area contributed by atoms with Crippen LogP contribution in [0.4, 0.5) is 0 Å². The molecular weight excluding hydrogens is 633 g/mol. The maximum absolute atomic E-state index is 5.40. The van der Waals surface area contributed by atoms with Gasteiger partial charge in [-0.15, -0.1) is 0 Å². The molecule has 0 amide bonds. The van der Waals surface area contributed by atoms with Gasteiger partial charge in [-0.25, -0.2) is 9.98 Å². The Morgan fingerprint density at radius 1 is 0.385 bits per heavy atom. The summed E-state index contributed by atoms with van der Waals surface area (Å²) in [5, 5.41) is 8.52. The van der Waals surface area contributed by atoms with Crippen LogP contribution in [-0.2, 0) is 0 Å². The molecule has 9 rings (SSSR count). The molecule has 0 radical (unpaired) electrons. The Morgan fingerprint density at radius 2 is 0.731 bits per heavy atom. The van der Waals surface area contributed by atoms with Crippen LogP contribution in [0.5, 0.6) is 0 Å². The number of rotatable bonds is 2. The van der Waals surface area contributed by atoms with E-state index in [1.807, 2.05) is 0 Å². The number of fused-ring (bicyclic) bond motifs is 8. The Labute approximate surface area is 302 Å². The van der Waals surface area contributed by atoms with E-state index in [1.165, 1.54) is 44.5 Å². The van der Waals surface area contributed by atoms with E-state index in [2.05, 4.69) is 173 Å². The molecule has 252 valence electrons. The second kappa shape index (κ2) is 12.2. The second-order valence-electron chi connectivity index (χ2n) is 14.4. The molecule has 0 fully saturated rings. The monoisotopic (exact) mass is 672 g/mol. The molecule has 0 atom stereocenters. The summed E-state index contributed by atoms with van der Waals surface area (Å²) in [6.07, 6.45) is 8.67. The first-order chi connectivity index (χ1) is 25.2. The molecule has 3 aliphatic rings. The number of benzene rings is 4. The van der Waals surface area contributed by atoms with Crippen LogP contribution in [0.2, 0.25) is 0 Å². The minimum Gasteiger partial charge on any atom is -0.354 e. The van der Waals surface area contributed by atoms with Crippen LogP contribution in [0, 0.1) is 62.7 Å². The summed E-state index contributed by atoms with van der Waals surface area (Å²) in [4.78, 5) is 18.5. The molecule has 6 aromatic rings. The van der Waals surface area contributed by atoms with Gasteiger partial charge in [0, 0.05) is 53.4 Å². The zero-order valence-electron chi connectivity index (χ0n) is 30.4. The first kappa shape index (κ1) is 31.7. The Bertz CT molecular complexity index is 2860. The summed E-state index contributed by atoms with van der Waals surface area (Å²) in [7, 11) is 0. The summed E-state index contributed by atoms with van der Waals surface area (Å²) >= 11 is 0. The summed E-state index contributed by atoms with van der Waals surface area (Å²) in [5.41, 5.74) is 15.8. The molecule has 0 saturated carbocycles. The van der Waals surface area contributed by atoms with Gasteiger partial charge in [0.15, 0.2) is 0 Å². The van der Waals surface area contributed by atoms with Crippen molar-refractivity contribution in [3.8, 4) is 0 Å². The average molecular weight is 673 g/mol. The van der Waals surface area contributed by atoms with Crippen LogP contribution in [0.15, 0.2) is 131 Å². The SMILES string of the molecule is Cc1cc(C)c(C2=c3ccc([nH]3)=c3ccccc3=C3C=CC(=N3)C(c3c(C)cc(C)cc3C)=c3ccc([nH]3)=c3ccccc3=C3C=CC2=N3)c(C)c1. The van der Waals surface area contributed by atoms with Gasteiger partial charge in [-0.2, -0.15) is 0 Å². The third kappa shape index (κ3) is 5.22. The highest BCUT2D eigenvalue weighted by Gasteiger charge is 2.21. The lowest BCUT2D eigenvalue weighted by molar-refractivity contribution is 1.22. The minimum atomic E-state index is 0.941. The molecule has 2 N–H and O–H groups in total. The van der Waals surface area contributed by atoms with Crippen LogP contribution >= 0.6 is 0 Å². The molecule has 4 nitrogen and oxygen atoms in total. The Hall–Kier alpha value is -6.26. The van der Waals surface area contributed by atoms with Crippen molar-refractivity contribution in [2.75, 3.05) is 0 Å². The van der Waals surface area contributed by atoms with Gasteiger partial charge < -0.3 is 9.97 Å². The van der Waals surface area contributed by atoms with Crippen molar-refractivity contribution in [1.29, 1.82) is 0 Å². The fourth-order valence-corrected chi connectivity index (χ4v) is 8.53. The summed E-state index contributed by atoms with van der Waals surface area (Å²) in [6.45, 7) is 13.2. The number of nitrogens with one attached hydrogen (secondary N) is 2. The number of aryl methyl sites for hydroxylation is 6. The molecule has 2 aromatic heterocycles.